The summed E-state index contributed by atoms with van der Waals surface area (Å²) >= 11 is -2.61. The molecule has 0 aliphatic carbocycles. The van der Waals surface area contributed by atoms with Gasteiger partial charge in [0.1, 0.15) is 0 Å². The predicted molar refractivity (Wildman–Crippen MR) is 27.3 cm³/mol. The minimum atomic E-state index is -2.61. The maximum absolute atomic E-state index is 8.67. The van der Waals surface area contributed by atoms with E-state index < -0.39 is 11.4 Å². The Morgan fingerprint density at radius 2 is 1.62 bits per heavy atom. The number of rotatable bonds is 0. The quantitative estimate of drug-likeness (QED) is 0.252. The second kappa shape index (κ2) is 15.7. The summed E-state index contributed by atoms with van der Waals surface area (Å²) in [5, 5.41) is 7.57. The fourth-order valence-corrected chi connectivity index (χ4v) is 0. The third kappa shape index (κ3) is 241. The van der Waals surface area contributed by atoms with Gasteiger partial charge in [-0.2, -0.15) is 4.21 Å². The normalized spacial score (nSPS) is 6.62. The molecule has 0 aliphatic rings. The van der Waals surface area contributed by atoms with Gasteiger partial charge in [0, 0.05) is 6.61 Å². The van der Waals surface area contributed by atoms with Crippen LogP contribution < -0.4 is 29.6 Å². The van der Waals surface area contributed by atoms with Crippen LogP contribution in [0.15, 0.2) is 0 Å². The summed E-state index contributed by atoms with van der Waals surface area (Å²) in [5.41, 5.74) is 0. The van der Waals surface area contributed by atoms with Crippen LogP contribution in [0.5, 0.6) is 0 Å². The fraction of sp³-hybridized carbons (Fsp3) is 1.00. The van der Waals surface area contributed by atoms with Crippen LogP contribution in [0, 0.1) is 0 Å². The van der Waals surface area contributed by atoms with Crippen LogP contribution in [0.2, 0.25) is 0 Å². The van der Waals surface area contributed by atoms with Crippen molar-refractivity contribution in [3.8, 4) is 0 Å². The van der Waals surface area contributed by atoms with Crippen molar-refractivity contribution in [1.29, 1.82) is 0 Å². The molecule has 0 unspecified atom stereocenters. The molecular formula is C2H9NaO4S. The van der Waals surface area contributed by atoms with Crippen LogP contribution in [0.1, 0.15) is 8.35 Å². The van der Waals surface area contributed by atoms with Crippen LogP contribution in [0.4, 0.5) is 0 Å². The van der Waals surface area contributed by atoms with Crippen molar-refractivity contribution in [3.05, 3.63) is 0 Å². The smallest absolute Gasteiger partial charge is 1.00 e. The zero-order chi connectivity index (χ0) is 6.28. The Hall–Kier alpha value is 1.03. The van der Waals surface area contributed by atoms with Gasteiger partial charge in [-0.25, -0.2) is 0 Å². The molecule has 0 saturated heterocycles. The van der Waals surface area contributed by atoms with E-state index in [0.29, 0.717) is 0 Å². The Bertz CT molecular complexity index is 49.8. The Kier molecular flexibility index (Phi) is 31.4. The minimum Gasteiger partial charge on any atom is -1.00 e. The molecule has 0 radical (unpaired) electrons. The predicted octanol–water partition coefficient (Wildman–Crippen LogP) is -3.20. The molecule has 3 N–H and O–H groups in total. The summed E-state index contributed by atoms with van der Waals surface area (Å²) in [6.45, 7) is 1.93. The van der Waals surface area contributed by atoms with E-state index in [-0.39, 0.29) is 37.6 Å². The molecule has 0 spiro atoms. The van der Waals surface area contributed by atoms with E-state index in [0.717, 1.165) is 0 Å². The van der Waals surface area contributed by atoms with E-state index in [4.69, 9.17) is 18.4 Å². The first-order valence-corrected chi connectivity index (χ1v) is 2.62. The first-order valence-electron chi connectivity index (χ1n) is 1.56. The van der Waals surface area contributed by atoms with Crippen LogP contribution >= 0.6 is 0 Å². The average Bonchev–Trinajstić information content (AvgIpc) is 1.33. The Morgan fingerprint density at radius 1 is 1.62 bits per heavy atom. The molecule has 0 heterocycles. The molecule has 0 fully saturated rings. The Morgan fingerprint density at radius 3 is 1.62 bits per heavy atom. The van der Waals surface area contributed by atoms with Gasteiger partial charge in [0.25, 0.3) is 11.4 Å². The van der Waals surface area contributed by atoms with E-state index in [1.165, 1.54) is 0 Å². The maximum Gasteiger partial charge on any atom is 1.00 e. The van der Waals surface area contributed by atoms with Crippen molar-refractivity contribution in [1.82, 2.24) is 0 Å². The van der Waals surface area contributed by atoms with Gasteiger partial charge in [0.15, 0.2) is 0 Å². The first kappa shape index (κ1) is 16.0. The molecular weight excluding hydrogens is 143 g/mol. The summed E-state index contributed by atoms with van der Waals surface area (Å²) in [7, 11) is 0. The molecule has 6 heteroatoms. The maximum atomic E-state index is 8.67. The number of hydrogen-bond acceptors (Lipinski definition) is 2. The van der Waals surface area contributed by atoms with Gasteiger partial charge in [-0.05, 0) is 6.92 Å². The molecule has 8 heavy (non-hydrogen) atoms. The van der Waals surface area contributed by atoms with E-state index in [1.807, 2.05) is 0 Å². The number of hydrogen-bond donors (Lipinski definition) is 3. The molecule has 0 amide bonds. The van der Waals surface area contributed by atoms with E-state index in [9.17, 15) is 0 Å². The van der Waals surface area contributed by atoms with Crippen LogP contribution in [0.25, 0.3) is 0 Å². The second-order valence-corrected chi connectivity index (χ2v) is 1.01. The third-order valence-corrected chi connectivity index (χ3v) is 0. The Labute approximate surface area is 74.2 Å². The standard InChI is InChI=1S/C2H6O.Na.H2O3S.H/c1-2-3;;1-4(2)3;/h3H,2H2,1H3;;(H2,1,2,3);/q;+1;;-1. The van der Waals surface area contributed by atoms with Crippen molar-refractivity contribution in [3.63, 3.8) is 0 Å². The molecule has 0 atom stereocenters. The van der Waals surface area contributed by atoms with E-state index >= 15 is 0 Å². The summed E-state index contributed by atoms with van der Waals surface area (Å²) in [6, 6.07) is 0. The van der Waals surface area contributed by atoms with Crippen molar-refractivity contribution in [2.24, 2.45) is 0 Å². The van der Waals surface area contributed by atoms with Gasteiger partial charge in [-0.15, -0.1) is 0 Å². The first-order chi connectivity index (χ1) is 3.15. The van der Waals surface area contributed by atoms with Crippen molar-refractivity contribution >= 4 is 11.4 Å². The molecule has 0 rings (SSSR count). The molecule has 0 bridgehead atoms. The molecule has 0 aromatic rings. The fourth-order valence-electron chi connectivity index (χ4n) is 0. The van der Waals surface area contributed by atoms with Crippen molar-refractivity contribution < 1.29 is 49.4 Å². The summed E-state index contributed by atoms with van der Waals surface area (Å²) in [4.78, 5) is 0. The zero-order valence-corrected chi connectivity index (χ0v) is 7.68. The zero-order valence-electron chi connectivity index (χ0n) is 5.87. The summed E-state index contributed by atoms with van der Waals surface area (Å²) < 4.78 is 22.8. The van der Waals surface area contributed by atoms with E-state index in [2.05, 4.69) is 0 Å². The van der Waals surface area contributed by atoms with Gasteiger partial charge >= 0.3 is 29.6 Å². The molecule has 4 nitrogen and oxygen atoms in total. The van der Waals surface area contributed by atoms with Gasteiger partial charge in [0.05, 0.1) is 0 Å². The Balaban J connectivity index is -0.0000000233. The number of aliphatic hydroxyl groups excluding tert-OH is 1. The van der Waals surface area contributed by atoms with Crippen LogP contribution in [-0.2, 0) is 11.4 Å². The molecule has 0 saturated carbocycles. The molecule has 0 aliphatic heterocycles. The van der Waals surface area contributed by atoms with Crippen molar-refractivity contribution in [2.75, 3.05) is 6.61 Å². The van der Waals surface area contributed by atoms with E-state index in [1.54, 1.807) is 6.92 Å². The SMILES string of the molecule is CCO.O=S(O)O.[H-].[Na+]. The summed E-state index contributed by atoms with van der Waals surface area (Å²) in [6.07, 6.45) is 0. The molecule has 0 aromatic carbocycles. The van der Waals surface area contributed by atoms with Crippen molar-refractivity contribution in [2.45, 2.75) is 6.92 Å². The average molecular weight is 152 g/mol. The van der Waals surface area contributed by atoms with Gasteiger partial charge in [-0.3, -0.25) is 9.11 Å². The topological polar surface area (TPSA) is 77.8 Å². The molecule has 0 aromatic heterocycles. The third-order valence-electron chi connectivity index (χ3n) is 0. The largest absolute Gasteiger partial charge is 1.00 e. The van der Waals surface area contributed by atoms with Gasteiger partial charge in [0.2, 0.25) is 0 Å². The summed E-state index contributed by atoms with van der Waals surface area (Å²) in [5.74, 6) is 0. The number of aliphatic hydroxyl groups is 1. The molecule has 48 valence electrons. The second-order valence-electron chi connectivity index (χ2n) is 0.547. The minimum absolute atomic E-state index is 0. The van der Waals surface area contributed by atoms with Crippen LogP contribution in [0.3, 0.4) is 0 Å². The van der Waals surface area contributed by atoms with Gasteiger partial charge < -0.3 is 6.53 Å². The van der Waals surface area contributed by atoms with Gasteiger partial charge in [-0.1, -0.05) is 0 Å². The monoisotopic (exact) mass is 152 g/mol. The van der Waals surface area contributed by atoms with Crippen LogP contribution in [-0.4, -0.2) is 25.0 Å².